The molecule has 120 valence electrons. The fourth-order valence-corrected chi connectivity index (χ4v) is 2.79. The highest BCUT2D eigenvalue weighted by atomic mass is 16.5. The quantitative estimate of drug-likeness (QED) is 0.728. The van der Waals surface area contributed by atoms with Gasteiger partial charge in [-0.15, -0.1) is 0 Å². The lowest BCUT2D eigenvalue weighted by Crippen LogP contribution is -2.10. The molecule has 0 amide bonds. The third-order valence-corrected chi connectivity index (χ3v) is 3.92. The summed E-state index contributed by atoms with van der Waals surface area (Å²) in [4.78, 5) is 24.2. The molecule has 0 heterocycles. The maximum Gasteiger partial charge on any atom is 0.307 e. The number of aliphatic carboxylic acids is 1. The number of ketones is 1. The Morgan fingerprint density at radius 1 is 1.00 bits per heavy atom. The first-order chi connectivity index (χ1) is 11.6. The van der Waals surface area contributed by atoms with Gasteiger partial charge in [0.05, 0.1) is 13.5 Å². The topological polar surface area (TPSA) is 63.6 Å². The number of fused-ring (bicyclic) bond motifs is 1. The molecule has 0 saturated carbocycles. The molecule has 0 aromatic heterocycles. The maximum absolute atomic E-state index is 13.0. The minimum absolute atomic E-state index is 0.178. The van der Waals surface area contributed by atoms with E-state index in [2.05, 4.69) is 0 Å². The number of methoxy groups -OCH3 is 1. The minimum atomic E-state index is -0.968. The summed E-state index contributed by atoms with van der Waals surface area (Å²) in [6, 6.07) is 17.8. The van der Waals surface area contributed by atoms with Crippen molar-refractivity contribution in [3.63, 3.8) is 0 Å². The maximum atomic E-state index is 13.0. The number of hydrogen-bond donors (Lipinski definition) is 1. The van der Waals surface area contributed by atoms with Crippen LogP contribution in [0.1, 0.15) is 21.5 Å². The molecule has 24 heavy (non-hydrogen) atoms. The third kappa shape index (κ3) is 2.99. The monoisotopic (exact) mass is 320 g/mol. The number of carboxylic acid groups (broad SMARTS) is 1. The standard InChI is InChI=1S/C20H16O4/c1-24-16-9-10-17-14(11-16)7-8-15(12-18(21)22)19(17)20(23)13-5-3-2-4-6-13/h2-11H,12H2,1H3,(H,21,22). The molecule has 3 aromatic carbocycles. The molecule has 3 rings (SSSR count). The zero-order valence-electron chi connectivity index (χ0n) is 13.2. The number of rotatable bonds is 5. The largest absolute Gasteiger partial charge is 0.497 e. The van der Waals surface area contributed by atoms with Crippen LogP contribution in [0.5, 0.6) is 5.75 Å². The van der Waals surface area contributed by atoms with E-state index in [0.29, 0.717) is 22.4 Å². The highest BCUT2D eigenvalue weighted by Crippen LogP contribution is 2.28. The van der Waals surface area contributed by atoms with Gasteiger partial charge in [0.1, 0.15) is 5.75 Å². The first kappa shape index (κ1) is 15.7. The van der Waals surface area contributed by atoms with Crippen LogP contribution in [0.2, 0.25) is 0 Å². The normalized spacial score (nSPS) is 10.5. The van der Waals surface area contributed by atoms with Crippen molar-refractivity contribution in [2.24, 2.45) is 0 Å². The first-order valence-electron chi connectivity index (χ1n) is 7.51. The molecule has 4 nitrogen and oxygen atoms in total. The van der Waals surface area contributed by atoms with Gasteiger partial charge in [-0.1, -0.05) is 42.5 Å². The Labute approximate surface area is 139 Å². The van der Waals surface area contributed by atoms with E-state index in [1.54, 1.807) is 49.6 Å². The highest BCUT2D eigenvalue weighted by Gasteiger charge is 2.19. The van der Waals surface area contributed by atoms with Crippen molar-refractivity contribution in [3.05, 3.63) is 77.4 Å². The second-order valence-electron chi connectivity index (χ2n) is 5.45. The summed E-state index contributed by atoms with van der Waals surface area (Å²) in [6.45, 7) is 0. The van der Waals surface area contributed by atoms with Crippen molar-refractivity contribution in [1.82, 2.24) is 0 Å². The van der Waals surface area contributed by atoms with Gasteiger partial charge in [0.2, 0.25) is 0 Å². The number of carboxylic acids is 1. The van der Waals surface area contributed by atoms with Crippen LogP contribution in [0.4, 0.5) is 0 Å². The van der Waals surface area contributed by atoms with Crippen molar-refractivity contribution in [3.8, 4) is 5.75 Å². The number of ether oxygens (including phenoxy) is 1. The summed E-state index contributed by atoms with van der Waals surface area (Å²) >= 11 is 0. The van der Waals surface area contributed by atoms with Gasteiger partial charge >= 0.3 is 5.97 Å². The van der Waals surface area contributed by atoms with Crippen molar-refractivity contribution >= 4 is 22.5 Å². The van der Waals surface area contributed by atoms with Gasteiger partial charge in [-0.3, -0.25) is 9.59 Å². The Bertz CT molecular complexity index is 914. The molecule has 0 aliphatic carbocycles. The van der Waals surface area contributed by atoms with Crippen molar-refractivity contribution in [2.75, 3.05) is 7.11 Å². The van der Waals surface area contributed by atoms with Crippen LogP contribution in [0.25, 0.3) is 10.8 Å². The zero-order chi connectivity index (χ0) is 17.1. The molecule has 0 fully saturated rings. The number of carbonyl (C=O) groups excluding carboxylic acids is 1. The first-order valence-corrected chi connectivity index (χ1v) is 7.51. The van der Waals surface area contributed by atoms with Gasteiger partial charge in [-0.2, -0.15) is 0 Å². The second kappa shape index (κ2) is 6.54. The molecule has 0 saturated heterocycles. The van der Waals surface area contributed by atoms with Crippen LogP contribution in [0.3, 0.4) is 0 Å². The fraction of sp³-hybridized carbons (Fsp3) is 0.100. The predicted octanol–water partition coefficient (Wildman–Crippen LogP) is 3.71. The van der Waals surface area contributed by atoms with Crippen LogP contribution >= 0.6 is 0 Å². The fourth-order valence-electron chi connectivity index (χ4n) is 2.79. The smallest absolute Gasteiger partial charge is 0.307 e. The van der Waals surface area contributed by atoms with Crippen LogP contribution in [0, 0.1) is 0 Å². The molecule has 4 heteroatoms. The van der Waals surface area contributed by atoms with Crippen molar-refractivity contribution < 1.29 is 19.4 Å². The molecule has 1 N–H and O–H groups in total. The SMILES string of the molecule is COc1ccc2c(C(=O)c3ccccc3)c(CC(=O)O)ccc2c1. The summed E-state index contributed by atoms with van der Waals surface area (Å²) in [5.74, 6) is -0.459. The van der Waals surface area contributed by atoms with Crippen LogP contribution < -0.4 is 4.74 Å². The summed E-state index contributed by atoms with van der Waals surface area (Å²) < 4.78 is 5.22. The van der Waals surface area contributed by atoms with E-state index in [1.165, 1.54) is 0 Å². The molecule has 0 radical (unpaired) electrons. The van der Waals surface area contributed by atoms with Crippen LogP contribution in [-0.2, 0) is 11.2 Å². The van der Waals surface area contributed by atoms with E-state index in [9.17, 15) is 9.59 Å². The van der Waals surface area contributed by atoms with Gasteiger partial charge in [0.15, 0.2) is 5.78 Å². The van der Waals surface area contributed by atoms with Crippen LogP contribution in [0.15, 0.2) is 60.7 Å². The average molecular weight is 320 g/mol. The molecule has 0 aliphatic heterocycles. The minimum Gasteiger partial charge on any atom is -0.497 e. The van der Waals surface area contributed by atoms with E-state index in [0.717, 1.165) is 10.8 Å². The van der Waals surface area contributed by atoms with E-state index < -0.39 is 5.97 Å². The Hall–Kier alpha value is -3.14. The van der Waals surface area contributed by atoms with Crippen LogP contribution in [-0.4, -0.2) is 24.0 Å². The zero-order valence-corrected chi connectivity index (χ0v) is 13.2. The summed E-state index contributed by atoms with van der Waals surface area (Å²) in [5, 5.41) is 10.7. The molecular formula is C20H16O4. The van der Waals surface area contributed by atoms with Gasteiger partial charge in [0.25, 0.3) is 0 Å². The highest BCUT2D eigenvalue weighted by molar-refractivity contribution is 6.17. The van der Waals surface area contributed by atoms with E-state index in [-0.39, 0.29) is 12.2 Å². The lowest BCUT2D eigenvalue weighted by molar-refractivity contribution is -0.136. The van der Waals surface area contributed by atoms with Gasteiger partial charge in [-0.25, -0.2) is 0 Å². The van der Waals surface area contributed by atoms with E-state index >= 15 is 0 Å². The second-order valence-corrected chi connectivity index (χ2v) is 5.45. The average Bonchev–Trinajstić information content (AvgIpc) is 2.61. The van der Waals surface area contributed by atoms with Gasteiger partial charge in [0, 0.05) is 11.1 Å². The Morgan fingerprint density at radius 3 is 2.42 bits per heavy atom. The molecule has 0 atom stereocenters. The molecule has 0 spiro atoms. The van der Waals surface area contributed by atoms with E-state index in [1.807, 2.05) is 18.2 Å². The Morgan fingerprint density at radius 2 is 1.75 bits per heavy atom. The predicted molar refractivity (Wildman–Crippen MR) is 91.7 cm³/mol. The third-order valence-electron chi connectivity index (χ3n) is 3.92. The lowest BCUT2D eigenvalue weighted by atomic mass is 9.91. The van der Waals surface area contributed by atoms with Gasteiger partial charge in [-0.05, 0) is 34.5 Å². The molecule has 3 aromatic rings. The molecule has 0 aliphatic rings. The molecule has 0 bridgehead atoms. The number of benzene rings is 3. The Kier molecular flexibility index (Phi) is 4.29. The van der Waals surface area contributed by atoms with Crippen molar-refractivity contribution in [2.45, 2.75) is 6.42 Å². The summed E-state index contributed by atoms with van der Waals surface area (Å²) in [7, 11) is 1.58. The van der Waals surface area contributed by atoms with Gasteiger partial charge < -0.3 is 9.84 Å². The Balaban J connectivity index is 2.24. The molecular weight excluding hydrogens is 304 g/mol. The number of hydrogen-bond acceptors (Lipinski definition) is 3. The summed E-state index contributed by atoms with van der Waals surface area (Å²) in [6.07, 6.45) is -0.199. The van der Waals surface area contributed by atoms with Crippen molar-refractivity contribution in [1.29, 1.82) is 0 Å². The lowest BCUT2D eigenvalue weighted by Gasteiger charge is -2.12. The number of carbonyl (C=O) groups is 2. The molecule has 0 unspecified atom stereocenters. The summed E-state index contributed by atoms with van der Waals surface area (Å²) in [5.41, 5.74) is 1.48. The van der Waals surface area contributed by atoms with E-state index in [4.69, 9.17) is 9.84 Å².